The molecule has 0 saturated carbocycles. The van der Waals surface area contributed by atoms with E-state index in [-0.39, 0.29) is 5.91 Å². The van der Waals surface area contributed by atoms with E-state index < -0.39 is 0 Å². The van der Waals surface area contributed by atoms with Gasteiger partial charge in [0.15, 0.2) is 0 Å². The van der Waals surface area contributed by atoms with Crippen molar-refractivity contribution in [3.05, 3.63) is 76.2 Å². The van der Waals surface area contributed by atoms with Crippen molar-refractivity contribution < 1.29 is 4.79 Å². The lowest BCUT2D eigenvalue weighted by molar-refractivity contribution is 0.0785. The summed E-state index contributed by atoms with van der Waals surface area (Å²) in [5.41, 5.74) is 4.07. The molecular formula is C18H18N2OS. The van der Waals surface area contributed by atoms with Crippen LogP contribution in [0, 0.1) is 6.92 Å². The highest BCUT2D eigenvalue weighted by Gasteiger charge is 2.14. The lowest BCUT2D eigenvalue weighted by Gasteiger charge is -2.18. The van der Waals surface area contributed by atoms with Crippen LogP contribution >= 0.6 is 11.3 Å². The highest BCUT2D eigenvalue weighted by Crippen LogP contribution is 2.18. The van der Waals surface area contributed by atoms with Crippen LogP contribution in [-0.4, -0.2) is 22.4 Å². The molecule has 0 aliphatic heterocycles. The van der Waals surface area contributed by atoms with Gasteiger partial charge in [0.05, 0.1) is 0 Å². The molecule has 2 heterocycles. The SMILES string of the molecule is Cc1ccc(C(=O)N(C)Cc2ccsc2)cc1-n1cccc1. The molecule has 0 aliphatic rings. The Morgan fingerprint density at radius 2 is 2.00 bits per heavy atom. The Labute approximate surface area is 134 Å². The van der Waals surface area contributed by atoms with Crippen LogP contribution in [0.25, 0.3) is 5.69 Å². The summed E-state index contributed by atoms with van der Waals surface area (Å²) in [6.45, 7) is 2.69. The third-order valence-corrected chi connectivity index (χ3v) is 4.42. The van der Waals surface area contributed by atoms with Crippen molar-refractivity contribution in [2.45, 2.75) is 13.5 Å². The first-order valence-corrected chi connectivity index (χ1v) is 8.10. The summed E-state index contributed by atoms with van der Waals surface area (Å²) in [5, 5.41) is 4.11. The summed E-state index contributed by atoms with van der Waals surface area (Å²) in [5.74, 6) is 0.0413. The third kappa shape index (κ3) is 2.97. The number of nitrogens with zero attached hydrogens (tertiary/aromatic N) is 2. The lowest BCUT2D eigenvalue weighted by atomic mass is 10.1. The normalized spacial score (nSPS) is 10.6. The van der Waals surface area contributed by atoms with Gasteiger partial charge < -0.3 is 9.47 Å². The average molecular weight is 310 g/mol. The minimum atomic E-state index is 0.0413. The Bertz CT molecular complexity index is 761. The van der Waals surface area contributed by atoms with Crippen LogP contribution in [0.1, 0.15) is 21.5 Å². The molecule has 0 saturated heterocycles. The predicted octanol–water partition coefficient (Wildman–Crippen LogP) is 4.12. The smallest absolute Gasteiger partial charge is 0.253 e. The lowest BCUT2D eigenvalue weighted by Crippen LogP contribution is -2.26. The number of thiophene rings is 1. The van der Waals surface area contributed by atoms with Gasteiger partial charge in [0.2, 0.25) is 0 Å². The molecule has 3 rings (SSSR count). The second kappa shape index (κ2) is 6.20. The zero-order valence-corrected chi connectivity index (χ0v) is 13.5. The summed E-state index contributed by atoms with van der Waals surface area (Å²) in [6.07, 6.45) is 3.98. The van der Waals surface area contributed by atoms with Gasteiger partial charge in [0, 0.05) is 37.2 Å². The minimum Gasteiger partial charge on any atom is -0.337 e. The minimum absolute atomic E-state index is 0.0413. The summed E-state index contributed by atoms with van der Waals surface area (Å²) in [4.78, 5) is 14.4. The Kier molecular flexibility index (Phi) is 4.11. The first-order valence-electron chi connectivity index (χ1n) is 7.15. The molecule has 0 atom stereocenters. The first-order chi connectivity index (χ1) is 10.6. The second-order valence-electron chi connectivity index (χ2n) is 5.38. The van der Waals surface area contributed by atoms with Crippen molar-refractivity contribution in [1.29, 1.82) is 0 Å². The maximum atomic E-state index is 12.6. The molecule has 0 unspecified atom stereocenters. The fraction of sp³-hybridized carbons (Fsp3) is 0.167. The summed E-state index contributed by atoms with van der Waals surface area (Å²) in [6, 6.07) is 11.9. The van der Waals surface area contributed by atoms with E-state index in [0.717, 1.165) is 11.3 Å². The Morgan fingerprint density at radius 3 is 2.68 bits per heavy atom. The number of aromatic nitrogens is 1. The molecule has 2 aromatic heterocycles. The topological polar surface area (TPSA) is 25.2 Å². The van der Waals surface area contributed by atoms with Gasteiger partial charge in [-0.3, -0.25) is 4.79 Å². The summed E-state index contributed by atoms with van der Waals surface area (Å²) >= 11 is 1.65. The molecule has 112 valence electrons. The van der Waals surface area contributed by atoms with Crippen molar-refractivity contribution in [2.75, 3.05) is 7.05 Å². The number of benzene rings is 1. The number of carbonyl (C=O) groups is 1. The van der Waals surface area contributed by atoms with Crippen LogP contribution < -0.4 is 0 Å². The van der Waals surface area contributed by atoms with E-state index in [0.29, 0.717) is 12.1 Å². The Balaban J connectivity index is 1.85. The van der Waals surface area contributed by atoms with E-state index in [9.17, 15) is 4.79 Å². The third-order valence-electron chi connectivity index (χ3n) is 3.69. The van der Waals surface area contributed by atoms with Crippen molar-refractivity contribution in [3.63, 3.8) is 0 Å². The molecule has 3 nitrogen and oxygen atoms in total. The molecule has 0 spiro atoms. The first kappa shape index (κ1) is 14.6. The average Bonchev–Trinajstić information content (AvgIpc) is 3.20. The van der Waals surface area contributed by atoms with E-state index in [1.54, 1.807) is 16.2 Å². The van der Waals surface area contributed by atoms with E-state index in [1.165, 1.54) is 5.56 Å². The fourth-order valence-electron chi connectivity index (χ4n) is 2.46. The zero-order valence-electron chi connectivity index (χ0n) is 12.7. The van der Waals surface area contributed by atoms with Gasteiger partial charge in [-0.2, -0.15) is 11.3 Å². The van der Waals surface area contributed by atoms with Crippen LogP contribution in [-0.2, 0) is 6.54 Å². The molecule has 3 aromatic rings. The van der Waals surface area contributed by atoms with Crippen LogP contribution in [0.2, 0.25) is 0 Å². The van der Waals surface area contributed by atoms with Crippen molar-refractivity contribution in [3.8, 4) is 5.69 Å². The van der Waals surface area contributed by atoms with Gasteiger partial charge >= 0.3 is 0 Å². The molecule has 1 amide bonds. The van der Waals surface area contributed by atoms with Gasteiger partial charge in [-0.1, -0.05) is 6.07 Å². The Hall–Kier alpha value is -2.33. The molecule has 0 radical (unpaired) electrons. The number of carbonyl (C=O) groups excluding carboxylic acids is 1. The second-order valence-corrected chi connectivity index (χ2v) is 6.16. The number of aryl methyl sites for hydroxylation is 1. The van der Waals surface area contributed by atoms with Crippen LogP contribution in [0.4, 0.5) is 0 Å². The fourth-order valence-corrected chi connectivity index (χ4v) is 3.12. The number of hydrogen-bond acceptors (Lipinski definition) is 2. The number of rotatable bonds is 4. The summed E-state index contributed by atoms with van der Waals surface area (Å²) in [7, 11) is 1.84. The highest BCUT2D eigenvalue weighted by molar-refractivity contribution is 7.07. The standard InChI is InChI=1S/C18H18N2OS/c1-14-5-6-16(11-17(14)20-8-3-4-9-20)18(21)19(2)12-15-7-10-22-13-15/h3-11,13H,12H2,1-2H3. The molecule has 0 fully saturated rings. The van der Waals surface area contributed by atoms with Crippen LogP contribution in [0.3, 0.4) is 0 Å². The largest absolute Gasteiger partial charge is 0.337 e. The van der Waals surface area contributed by atoms with Crippen LogP contribution in [0.5, 0.6) is 0 Å². The van der Waals surface area contributed by atoms with E-state index >= 15 is 0 Å². The van der Waals surface area contributed by atoms with E-state index in [4.69, 9.17) is 0 Å². The van der Waals surface area contributed by atoms with Gasteiger partial charge in [-0.25, -0.2) is 0 Å². The molecule has 0 N–H and O–H groups in total. The summed E-state index contributed by atoms with van der Waals surface area (Å²) < 4.78 is 2.03. The van der Waals surface area contributed by atoms with E-state index in [1.807, 2.05) is 59.7 Å². The maximum Gasteiger partial charge on any atom is 0.253 e. The maximum absolute atomic E-state index is 12.6. The molecule has 22 heavy (non-hydrogen) atoms. The van der Waals surface area contributed by atoms with Gasteiger partial charge in [-0.15, -0.1) is 0 Å². The molecule has 0 aliphatic carbocycles. The van der Waals surface area contributed by atoms with Gasteiger partial charge in [0.1, 0.15) is 0 Å². The van der Waals surface area contributed by atoms with Crippen LogP contribution in [0.15, 0.2) is 59.6 Å². The highest BCUT2D eigenvalue weighted by atomic mass is 32.1. The quantitative estimate of drug-likeness (QED) is 0.711. The molecule has 0 bridgehead atoms. The predicted molar refractivity (Wildman–Crippen MR) is 90.6 cm³/mol. The molecule has 4 heteroatoms. The zero-order chi connectivity index (χ0) is 15.5. The van der Waals surface area contributed by atoms with Crippen molar-refractivity contribution >= 4 is 17.2 Å². The molecular weight excluding hydrogens is 292 g/mol. The number of hydrogen-bond donors (Lipinski definition) is 0. The van der Waals surface area contributed by atoms with E-state index in [2.05, 4.69) is 18.4 Å². The van der Waals surface area contributed by atoms with Gasteiger partial charge in [0.25, 0.3) is 5.91 Å². The van der Waals surface area contributed by atoms with Crippen molar-refractivity contribution in [1.82, 2.24) is 9.47 Å². The van der Waals surface area contributed by atoms with Gasteiger partial charge in [-0.05, 0) is 59.1 Å². The van der Waals surface area contributed by atoms with Crippen molar-refractivity contribution in [2.24, 2.45) is 0 Å². The monoisotopic (exact) mass is 310 g/mol. The molecule has 1 aromatic carbocycles. The Morgan fingerprint density at radius 1 is 1.23 bits per heavy atom. The number of amides is 1.